The lowest BCUT2D eigenvalue weighted by atomic mass is 10.1. The Morgan fingerprint density at radius 3 is 1.55 bits per heavy atom. The zero-order valence-electron chi connectivity index (χ0n) is 12.5. The first-order chi connectivity index (χ1) is 9.27. The Balaban J connectivity index is 0. The van der Waals surface area contributed by atoms with Gasteiger partial charge in [-0.25, -0.2) is 8.42 Å². The van der Waals surface area contributed by atoms with Crippen molar-refractivity contribution >= 4 is 16.1 Å². The van der Waals surface area contributed by atoms with E-state index in [1.807, 2.05) is 0 Å². The van der Waals surface area contributed by atoms with Gasteiger partial charge in [-0.15, -0.1) is 0 Å². The largest absolute Gasteiger partial charge is 0.748 e. The minimum Gasteiger partial charge on any atom is -0.748 e. The summed E-state index contributed by atoms with van der Waals surface area (Å²) >= 11 is 0. The van der Waals surface area contributed by atoms with Crippen molar-refractivity contribution in [3.63, 3.8) is 0 Å². The first kappa shape index (κ1) is 21.6. The highest BCUT2D eigenvalue weighted by molar-refractivity contribution is 7.84. The molecule has 0 saturated heterocycles. The average Bonchev–Trinajstić information content (AvgIpc) is 2.29. The van der Waals surface area contributed by atoms with Gasteiger partial charge < -0.3 is 15.4 Å². The average molecular weight is 311 g/mol. The molecule has 0 aliphatic heterocycles. The monoisotopic (exact) mass is 311 g/mol. The molecule has 20 heavy (non-hydrogen) atoms. The number of hydrogen-bond donors (Lipinski definition) is 2. The molecule has 0 heterocycles. The molecule has 0 bridgehead atoms. The first-order valence-corrected chi connectivity index (χ1v) is 9.01. The number of carboxylic acid groups (broad SMARTS) is 1. The Morgan fingerprint density at radius 1 is 0.950 bits per heavy atom. The third-order valence-electron chi connectivity index (χ3n) is 2.64. The molecule has 6 nitrogen and oxygen atoms in total. The van der Waals surface area contributed by atoms with Crippen LogP contribution < -0.4 is 5.73 Å². The Hall–Kier alpha value is -0.660. The third kappa shape index (κ3) is 36.0. The molecule has 122 valence electrons. The molecule has 0 fully saturated rings. The van der Waals surface area contributed by atoms with Crippen molar-refractivity contribution in [2.24, 2.45) is 0 Å². The van der Waals surface area contributed by atoms with E-state index < -0.39 is 16.1 Å². The van der Waals surface area contributed by atoms with E-state index in [0.29, 0.717) is 12.7 Å². The van der Waals surface area contributed by atoms with Crippen LogP contribution >= 0.6 is 0 Å². The topological polar surface area (TPSA) is 122 Å². The second kappa shape index (κ2) is 14.7. The van der Waals surface area contributed by atoms with E-state index in [1.54, 1.807) is 0 Å². The molecule has 4 N–H and O–H groups in total. The standard InChI is InChI=1S/C12H25NO2.CH4O3S/c13-11-9-7-5-3-1-2-4-6-8-10-12(14)15;1-5(2,3)4/h1-11,13H2,(H,14,15);1H3,(H,2,3,4). The maximum Gasteiger partial charge on any atom is 0.303 e. The van der Waals surface area contributed by atoms with Crippen LogP contribution in [0.2, 0.25) is 0 Å². The number of rotatable bonds is 11. The van der Waals surface area contributed by atoms with Gasteiger partial charge in [0.05, 0.1) is 16.7 Å². The van der Waals surface area contributed by atoms with Crippen LogP contribution in [-0.4, -0.2) is 36.8 Å². The molecule has 0 aromatic heterocycles. The molecule has 0 unspecified atom stereocenters. The molecule has 7 heteroatoms. The van der Waals surface area contributed by atoms with Gasteiger partial charge in [-0.2, -0.15) is 0 Å². The van der Waals surface area contributed by atoms with Crippen molar-refractivity contribution in [1.82, 2.24) is 0 Å². The fourth-order valence-electron chi connectivity index (χ4n) is 1.69. The quantitative estimate of drug-likeness (QED) is 0.441. The molecular weight excluding hydrogens is 282 g/mol. The molecule has 0 atom stereocenters. The Kier molecular flexibility index (Phi) is 15.9. The summed E-state index contributed by atoms with van der Waals surface area (Å²) in [5.41, 5.74) is 3.82. The summed E-state index contributed by atoms with van der Waals surface area (Å²) < 4.78 is 27.2. The first-order valence-electron chi connectivity index (χ1n) is 7.19. The molecule has 0 aliphatic carbocycles. The van der Waals surface area contributed by atoms with Gasteiger partial charge in [-0.05, 0) is 19.3 Å². The maximum atomic E-state index is 10.2. The number of aliphatic carboxylic acids is 1. The molecule has 0 saturated carbocycles. The minimum atomic E-state index is -3.92. The number of carbonyl (C=O) groups is 1. The summed E-state index contributed by atoms with van der Waals surface area (Å²) in [5.74, 6) is -0.664. The summed E-state index contributed by atoms with van der Waals surface area (Å²) in [6.07, 6.45) is 11.9. The fraction of sp³-hybridized carbons (Fsp3) is 0.923. The maximum absolute atomic E-state index is 10.2. The van der Waals surface area contributed by atoms with Gasteiger partial charge in [0, 0.05) is 12.7 Å². The van der Waals surface area contributed by atoms with Gasteiger partial charge in [-0.1, -0.05) is 38.5 Å². The van der Waals surface area contributed by atoms with Crippen LogP contribution in [0.1, 0.15) is 64.2 Å². The van der Waals surface area contributed by atoms with Crippen LogP contribution in [0.3, 0.4) is 0 Å². The molecule has 0 spiro atoms. The molecule has 0 aliphatic rings. The summed E-state index contributed by atoms with van der Waals surface area (Å²) in [5, 5.41) is 8.43. The van der Waals surface area contributed by atoms with E-state index >= 15 is 0 Å². The van der Waals surface area contributed by atoms with Crippen molar-refractivity contribution in [1.29, 1.82) is 0 Å². The van der Waals surface area contributed by atoms with Gasteiger partial charge in [0.2, 0.25) is 0 Å². The Labute approximate surface area is 122 Å². The normalized spacial score (nSPS) is 10.8. The summed E-state index contributed by atoms with van der Waals surface area (Å²) in [4.78, 5) is 10.2. The SMILES string of the molecule is CS(=O)(=O)[O-].[NH3+]CCCCCCCCCCCC(=O)O. The lowest BCUT2D eigenvalue weighted by Crippen LogP contribution is -2.50. The third-order valence-corrected chi connectivity index (χ3v) is 2.64. The Morgan fingerprint density at radius 2 is 1.25 bits per heavy atom. The number of hydrogen-bond acceptors (Lipinski definition) is 4. The van der Waals surface area contributed by atoms with Crippen LogP contribution in [0.15, 0.2) is 0 Å². The molecule has 0 radical (unpaired) electrons. The predicted molar refractivity (Wildman–Crippen MR) is 77.2 cm³/mol. The van der Waals surface area contributed by atoms with Crippen LogP contribution in [0.4, 0.5) is 0 Å². The highest BCUT2D eigenvalue weighted by Crippen LogP contribution is 2.10. The Bertz CT molecular complexity index is 309. The summed E-state index contributed by atoms with van der Waals surface area (Å²) in [7, 11) is -3.92. The summed E-state index contributed by atoms with van der Waals surface area (Å²) in [6.45, 7) is 1.06. The van der Waals surface area contributed by atoms with Gasteiger partial charge in [-0.3, -0.25) is 4.79 Å². The lowest BCUT2D eigenvalue weighted by molar-refractivity contribution is -0.368. The van der Waals surface area contributed by atoms with Gasteiger partial charge >= 0.3 is 5.97 Å². The van der Waals surface area contributed by atoms with Gasteiger partial charge in [0.15, 0.2) is 0 Å². The van der Waals surface area contributed by atoms with Crippen molar-refractivity contribution in [3.8, 4) is 0 Å². The smallest absolute Gasteiger partial charge is 0.303 e. The van der Waals surface area contributed by atoms with Crippen molar-refractivity contribution in [2.45, 2.75) is 64.2 Å². The second-order valence-electron chi connectivity index (χ2n) is 4.88. The summed E-state index contributed by atoms with van der Waals surface area (Å²) in [6, 6.07) is 0. The van der Waals surface area contributed by atoms with Gasteiger partial charge in [0.1, 0.15) is 0 Å². The second-order valence-corrected chi connectivity index (χ2v) is 6.29. The molecular formula is C13H29NO5S. The van der Waals surface area contributed by atoms with Crippen LogP contribution in [0, 0.1) is 0 Å². The zero-order chi connectivity index (χ0) is 15.9. The highest BCUT2D eigenvalue weighted by Gasteiger charge is 1.96. The van der Waals surface area contributed by atoms with E-state index in [9.17, 15) is 4.79 Å². The molecule has 0 aromatic rings. The van der Waals surface area contributed by atoms with E-state index in [-0.39, 0.29) is 0 Å². The lowest BCUT2D eigenvalue weighted by Gasteiger charge is -2.00. The van der Waals surface area contributed by atoms with E-state index in [4.69, 9.17) is 18.1 Å². The van der Waals surface area contributed by atoms with Crippen molar-refractivity contribution in [3.05, 3.63) is 0 Å². The zero-order valence-corrected chi connectivity index (χ0v) is 13.3. The highest BCUT2D eigenvalue weighted by atomic mass is 32.2. The van der Waals surface area contributed by atoms with Crippen LogP contribution in [0.25, 0.3) is 0 Å². The van der Waals surface area contributed by atoms with Gasteiger partial charge in [0.25, 0.3) is 0 Å². The van der Waals surface area contributed by atoms with Crippen molar-refractivity contribution in [2.75, 3.05) is 12.8 Å². The molecule has 0 rings (SSSR count). The van der Waals surface area contributed by atoms with E-state index in [0.717, 1.165) is 19.4 Å². The van der Waals surface area contributed by atoms with E-state index in [2.05, 4.69) is 5.73 Å². The number of unbranched alkanes of at least 4 members (excludes halogenated alkanes) is 8. The molecule has 0 amide bonds. The minimum absolute atomic E-state index is 0.337. The van der Waals surface area contributed by atoms with E-state index in [1.165, 1.54) is 44.9 Å². The van der Waals surface area contributed by atoms with Crippen LogP contribution in [0.5, 0.6) is 0 Å². The molecule has 0 aromatic carbocycles. The fourth-order valence-corrected chi connectivity index (χ4v) is 1.69. The number of quaternary nitrogens is 1. The van der Waals surface area contributed by atoms with Crippen molar-refractivity contribution < 1.29 is 28.6 Å². The van der Waals surface area contributed by atoms with Crippen LogP contribution in [-0.2, 0) is 14.9 Å². The number of carboxylic acids is 1. The predicted octanol–water partition coefficient (Wildman–Crippen LogP) is 1.38.